The third kappa shape index (κ3) is 2.44. The number of hydrogen-bond donors (Lipinski definition) is 1. The van der Waals surface area contributed by atoms with E-state index in [1.54, 1.807) is 0 Å². The molecule has 0 aromatic carbocycles. The summed E-state index contributed by atoms with van der Waals surface area (Å²) in [6.45, 7) is 4.70. The number of hydrogen-bond acceptors (Lipinski definition) is 4. The van der Waals surface area contributed by atoms with Crippen LogP contribution in [0.3, 0.4) is 0 Å². The molecule has 1 unspecified atom stereocenters. The number of ether oxygens (including phenoxy) is 1. The first-order valence-corrected chi connectivity index (χ1v) is 5.79. The maximum atomic E-state index is 9.10. The van der Waals surface area contributed by atoms with Crippen LogP contribution < -0.4 is 9.64 Å². The first kappa shape index (κ1) is 11.2. The van der Waals surface area contributed by atoms with E-state index in [9.17, 15) is 0 Å². The Morgan fingerprint density at radius 1 is 1.56 bits per heavy atom. The Morgan fingerprint density at radius 2 is 2.44 bits per heavy atom. The molecule has 1 saturated heterocycles. The first-order valence-electron chi connectivity index (χ1n) is 5.79. The van der Waals surface area contributed by atoms with Gasteiger partial charge in [0.2, 0.25) is 5.88 Å². The Kier molecular flexibility index (Phi) is 3.62. The molecule has 2 heterocycles. The molecule has 1 atom stereocenters. The zero-order valence-electron chi connectivity index (χ0n) is 9.59. The van der Waals surface area contributed by atoms with Crippen molar-refractivity contribution in [2.45, 2.75) is 13.3 Å². The highest BCUT2D eigenvalue weighted by Crippen LogP contribution is 2.23. The predicted octanol–water partition coefficient (Wildman–Crippen LogP) is 1.30. The van der Waals surface area contributed by atoms with E-state index < -0.39 is 0 Å². The monoisotopic (exact) mass is 222 g/mol. The minimum absolute atomic E-state index is 0.266. The van der Waals surface area contributed by atoms with Gasteiger partial charge in [-0.05, 0) is 19.4 Å². The summed E-state index contributed by atoms with van der Waals surface area (Å²) in [4.78, 5) is 6.63. The number of aliphatic hydroxyl groups excluding tert-OH is 1. The lowest BCUT2D eigenvalue weighted by molar-refractivity contribution is 0.238. The molecule has 88 valence electrons. The lowest BCUT2D eigenvalue weighted by Gasteiger charge is -2.17. The van der Waals surface area contributed by atoms with Crippen LogP contribution >= 0.6 is 0 Å². The maximum absolute atomic E-state index is 9.10. The highest BCUT2D eigenvalue weighted by molar-refractivity contribution is 5.41. The van der Waals surface area contributed by atoms with E-state index in [0.29, 0.717) is 18.4 Å². The number of pyridine rings is 1. The SMILES string of the molecule is CCOc1cccc(N2CCC(CO)C2)n1. The van der Waals surface area contributed by atoms with E-state index in [1.165, 1.54) is 0 Å². The van der Waals surface area contributed by atoms with Crippen LogP contribution in [-0.2, 0) is 0 Å². The topological polar surface area (TPSA) is 45.6 Å². The molecule has 0 amide bonds. The van der Waals surface area contributed by atoms with Crippen molar-refractivity contribution in [1.82, 2.24) is 4.98 Å². The van der Waals surface area contributed by atoms with Crippen LogP contribution in [0.1, 0.15) is 13.3 Å². The Labute approximate surface area is 95.9 Å². The predicted molar refractivity (Wildman–Crippen MR) is 62.8 cm³/mol. The molecule has 0 radical (unpaired) electrons. The Bertz CT molecular complexity index is 344. The van der Waals surface area contributed by atoms with E-state index in [0.717, 1.165) is 25.3 Å². The molecule has 2 rings (SSSR count). The van der Waals surface area contributed by atoms with E-state index in [2.05, 4.69) is 9.88 Å². The molecule has 1 N–H and O–H groups in total. The van der Waals surface area contributed by atoms with Crippen molar-refractivity contribution in [3.8, 4) is 5.88 Å². The molecular formula is C12H18N2O2. The fraction of sp³-hybridized carbons (Fsp3) is 0.583. The van der Waals surface area contributed by atoms with Crippen molar-refractivity contribution >= 4 is 5.82 Å². The zero-order valence-corrected chi connectivity index (χ0v) is 9.59. The lowest BCUT2D eigenvalue weighted by atomic mass is 10.1. The highest BCUT2D eigenvalue weighted by Gasteiger charge is 2.22. The quantitative estimate of drug-likeness (QED) is 0.834. The summed E-state index contributed by atoms with van der Waals surface area (Å²) in [6, 6.07) is 5.81. The summed E-state index contributed by atoms with van der Waals surface area (Å²) in [5.74, 6) is 2.01. The molecule has 0 spiro atoms. The van der Waals surface area contributed by atoms with E-state index in [4.69, 9.17) is 9.84 Å². The van der Waals surface area contributed by atoms with Crippen molar-refractivity contribution < 1.29 is 9.84 Å². The molecule has 0 aliphatic carbocycles. The van der Waals surface area contributed by atoms with Gasteiger partial charge in [-0.15, -0.1) is 0 Å². The van der Waals surface area contributed by atoms with E-state index in [1.807, 2.05) is 25.1 Å². The van der Waals surface area contributed by atoms with E-state index in [-0.39, 0.29) is 6.61 Å². The third-order valence-corrected chi connectivity index (χ3v) is 2.87. The molecule has 1 aliphatic rings. The van der Waals surface area contributed by atoms with Crippen LogP contribution in [0.15, 0.2) is 18.2 Å². The van der Waals surface area contributed by atoms with Crippen LogP contribution in [0.2, 0.25) is 0 Å². The number of rotatable bonds is 4. The molecule has 4 heteroatoms. The number of anilines is 1. The molecule has 1 aromatic heterocycles. The average Bonchev–Trinajstić information content (AvgIpc) is 2.78. The fourth-order valence-electron chi connectivity index (χ4n) is 2.00. The molecule has 1 aromatic rings. The van der Waals surface area contributed by atoms with Gasteiger partial charge in [-0.3, -0.25) is 0 Å². The smallest absolute Gasteiger partial charge is 0.215 e. The van der Waals surface area contributed by atoms with Crippen LogP contribution in [0.5, 0.6) is 5.88 Å². The maximum Gasteiger partial charge on any atom is 0.215 e. The second-order valence-corrected chi connectivity index (χ2v) is 4.05. The van der Waals surface area contributed by atoms with Crippen molar-refractivity contribution in [3.63, 3.8) is 0 Å². The average molecular weight is 222 g/mol. The molecule has 4 nitrogen and oxygen atoms in total. The van der Waals surface area contributed by atoms with Crippen LogP contribution in [0.4, 0.5) is 5.82 Å². The van der Waals surface area contributed by atoms with Crippen LogP contribution in [0.25, 0.3) is 0 Å². The summed E-state index contributed by atoms with van der Waals surface area (Å²) >= 11 is 0. The first-order chi connectivity index (χ1) is 7.83. The lowest BCUT2D eigenvalue weighted by Crippen LogP contribution is -2.21. The summed E-state index contributed by atoms with van der Waals surface area (Å²) in [7, 11) is 0. The summed E-state index contributed by atoms with van der Waals surface area (Å²) in [5, 5.41) is 9.10. The Hall–Kier alpha value is -1.29. The normalized spacial score (nSPS) is 20.1. The fourth-order valence-corrected chi connectivity index (χ4v) is 2.00. The minimum Gasteiger partial charge on any atom is -0.478 e. The molecular weight excluding hydrogens is 204 g/mol. The van der Waals surface area contributed by atoms with Gasteiger partial charge >= 0.3 is 0 Å². The second kappa shape index (κ2) is 5.16. The molecule has 0 bridgehead atoms. The number of aliphatic hydroxyl groups is 1. The Morgan fingerprint density at radius 3 is 3.12 bits per heavy atom. The van der Waals surface area contributed by atoms with Crippen molar-refractivity contribution in [2.24, 2.45) is 5.92 Å². The van der Waals surface area contributed by atoms with Gasteiger partial charge in [0.05, 0.1) is 6.61 Å². The summed E-state index contributed by atoms with van der Waals surface area (Å²) < 4.78 is 5.37. The van der Waals surface area contributed by atoms with E-state index >= 15 is 0 Å². The molecule has 16 heavy (non-hydrogen) atoms. The minimum atomic E-state index is 0.266. The highest BCUT2D eigenvalue weighted by atomic mass is 16.5. The van der Waals surface area contributed by atoms with Gasteiger partial charge in [-0.2, -0.15) is 4.98 Å². The van der Waals surface area contributed by atoms with Crippen LogP contribution in [-0.4, -0.2) is 36.4 Å². The van der Waals surface area contributed by atoms with Gasteiger partial charge < -0.3 is 14.7 Å². The van der Waals surface area contributed by atoms with Crippen molar-refractivity contribution in [2.75, 3.05) is 31.2 Å². The van der Waals surface area contributed by atoms with Gasteiger partial charge in [0.25, 0.3) is 0 Å². The number of aromatic nitrogens is 1. The molecule has 1 aliphatic heterocycles. The summed E-state index contributed by atoms with van der Waals surface area (Å²) in [6.07, 6.45) is 1.04. The van der Waals surface area contributed by atoms with Gasteiger partial charge in [-0.25, -0.2) is 0 Å². The van der Waals surface area contributed by atoms with Crippen molar-refractivity contribution in [1.29, 1.82) is 0 Å². The molecule has 1 fully saturated rings. The molecule has 0 saturated carbocycles. The van der Waals surface area contributed by atoms with Crippen LogP contribution in [0, 0.1) is 5.92 Å². The van der Waals surface area contributed by atoms with Gasteiger partial charge in [0.1, 0.15) is 5.82 Å². The standard InChI is InChI=1S/C12H18N2O2/c1-2-16-12-5-3-4-11(13-12)14-7-6-10(8-14)9-15/h3-5,10,15H,2,6-9H2,1H3. The van der Waals surface area contributed by atoms with Gasteiger partial charge in [0, 0.05) is 31.7 Å². The number of nitrogens with zero attached hydrogens (tertiary/aromatic N) is 2. The zero-order chi connectivity index (χ0) is 11.4. The largest absolute Gasteiger partial charge is 0.478 e. The third-order valence-electron chi connectivity index (χ3n) is 2.87. The van der Waals surface area contributed by atoms with Crippen molar-refractivity contribution in [3.05, 3.63) is 18.2 Å². The Balaban J connectivity index is 2.06. The van der Waals surface area contributed by atoms with Gasteiger partial charge in [0.15, 0.2) is 0 Å². The second-order valence-electron chi connectivity index (χ2n) is 4.05. The van der Waals surface area contributed by atoms with Gasteiger partial charge in [-0.1, -0.05) is 6.07 Å². The summed E-state index contributed by atoms with van der Waals surface area (Å²) in [5.41, 5.74) is 0.